The molecule has 0 aliphatic carbocycles. The molecule has 0 aliphatic heterocycles. The van der Waals surface area contributed by atoms with E-state index < -0.39 is 17.5 Å². The number of para-hydroxylation sites is 1. The van der Waals surface area contributed by atoms with E-state index in [0.717, 1.165) is 11.5 Å². The van der Waals surface area contributed by atoms with Crippen molar-refractivity contribution in [2.45, 2.75) is 32.4 Å². The van der Waals surface area contributed by atoms with Gasteiger partial charge in [-0.25, -0.2) is 0 Å². The van der Waals surface area contributed by atoms with Gasteiger partial charge in [0.2, 0.25) is 5.91 Å². The van der Waals surface area contributed by atoms with Crippen LogP contribution in [-0.4, -0.2) is 34.1 Å². The molecule has 2 aromatic carbocycles. The minimum atomic E-state index is -0.910. The largest absolute Gasteiger partial charge is 0.497 e. The molecule has 1 aromatic heterocycles. The summed E-state index contributed by atoms with van der Waals surface area (Å²) in [7, 11) is 1.58. The fraction of sp³-hybridized carbons (Fsp3) is 0.273. The van der Waals surface area contributed by atoms with E-state index in [-0.39, 0.29) is 11.6 Å². The van der Waals surface area contributed by atoms with Crippen LogP contribution in [0.5, 0.6) is 5.75 Å². The molecular formula is C22H24N4O3S. The third-order valence-electron chi connectivity index (χ3n) is 4.27. The van der Waals surface area contributed by atoms with Crippen LogP contribution in [0.2, 0.25) is 0 Å². The average Bonchev–Trinajstić information content (AvgIpc) is 3.26. The van der Waals surface area contributed by atoms with Gasteiger partial charge in [-0.15, -0.1) is 5.10 Å². The molecule has 1 atom stereocenters. The van der Waals surface area contributed by atoms with Crippen LogP contribution in [-0.2, 0) is 4.79 Å². The average molecular weight is 425 g/mol. The van der Waals surface area contributed by atoms with Crippen LogP contribution in [0.4, 0.5) is 5.69 Å². The van der Waals surface area contributed by atoms with Crippen LogP contribution in [0.1, 0.15) is 42.9 Å². The molecule has 3 rings (SSSR count). The van der Waals surface area contributed by atoms with Crippen molar-refractivity contribution in [1.82, 2.24) is 14.9 Å². The van der Waals surface area contributed by atoms with E-state index in [1.807, 2.05) is 39.0 Å². The van der Waals surface area contributed by atoms with E-state index in [1.165, 1.54) is 4.90 Å². The standard InChI is InChI=1S/C22H24N4O3S/c1-22(2,3)23-20(27)19(15-10-12-17(29-4)13-11-15)26(16-8-6-5-7-9-16)21(28)18-14-30-25-24-18/h5-14,19H,1-4H3,(H,23,27)/t19-/m0/s1. The number of amides is 2. The summed E-state index contributed by atoms with van der Waals surface area (Å²) in [6.45, 7) is 5.69. The van der Waals surface area contributed by atoms with Gasteiger partial charge < -0.3 is 10.1 Å². The van der Waals surface area contributed by atoms with Gasteiger partial charge in [0, 0.05) is 16.6 Å². The number of rotatable bonds is 6. The van der Waals surface area contributed by atoms with Crippen molar-refractivity contribution in [2.75, 3.05) is 12.0 Å². The topological polar surface area (TPSA) is 84.4 Å². The highest BCUT2D eigenvalue weighted by Crippen LogP contribution is 2.31. The van der Waals surface area contributed by atoms with E-state index in [1.54, 1.807) is 48.9 Å². The first kappa shape index (κ1) is 21.4. The van der Waals surface area contributed by atoms with Gasteiger partial charge in [0.05, 0.1) is 7.11 Å². The Morgan fingerprint density at radius 3 is 2.27 bits per heavy atom. The lowest BCUT2D eigenvalue weighted by molar-refractivity contribution is -0.123. The van der Waals surface area contributed by atoms with Gasteiger partial charge in [0.25, 0.3) is 5.91 Å². The molecule has 30 heavy (non-hydrogen) atoms. The maximum absolute atomic E-state index is 13.4. The maximum atomic E-state index is 13.4. The summed E-state index contributed by atoms with van der Waals surface area (Å²) in [6.07, 6.45) is 0. The van der Waals surface area contributed by atoms with Crippen LogP contribution in [0.25, 0.3) is 0 Å². The van der Waals surface area contributed by atoms with Crippen molar-refractivity contribution >= 4 is 29.0 Å². The SMILES string of the molecule is COc1ccc([C@@H](C(=O)NC(C)(C)C)N(C(=O)c2csnn2)c2ccccc2)cc1. The Morgan fingerprint density at radius 1 is 1.07 bits per heavy atom. The Labute approximate surface area is 179 Å². The smallest absolute Gasteiger partial charge is 0.280 e. The number of ether oxygens (including phenoxy) is 1. The zero-order valence-electron chi connectivity index (χ0n) is 17.3. The molecular weight excluding hydrogens is 400 g/mol. The van der Waals surface area contributed by atoms with Crippen LogP contribution in [0.15, 0.2) is 60.0 Å². The lowest BCUT2D eigenvalue weighted by Crippen LogP contribution is -2.49. The number of hydrogen-bond acceptors (Lipinski definition) is 6. The summed E-state index contributed by atoms with van der Waals surface area (Å²) < 4.78 is 9.05. The number of nitrogens with one attached hydrogen (secondary N) is 1. The van der Waals surface area contributed by atoms with Gasteiger partial charge in [-0.2, -0.15) is 0 Å². The number of nitrogens with zero attached hydrogens (tertiary/aromatic N) is 3. The summed E-state index contributed by atoms with van der Waals surface area (Å²) in [6, 6.07) is 15.3. The number of aromatic nitrogens is 2. The third kappa shape index (κ3) is 5.01. The van der Waals surface area contributed by atoms with Crippen molar-refractivity contribution in [1.29, 1.82) is 0 Å². The highest BCUT2D eigenvalue weighted by molar-refractivity contribution is 7.03. The predicted molar refractivity (Wildman–Crippen MR) is 117 cm³/mol. The van der Waals surface area contributed by atoms with E-state index in [4.69, 9.17) is 4.74 Å². The molecule has 7 nitrogen and oxygen atoms in total. The second-order valence-corrected chi connectivity index (χ2v) is 8.33. The molecule has 0 unspecified atom stereocenters. The van der Waals surface area contributed by atoms with Crippen molar-refractivity contribution in [2.24, 2.45) is 0 Å². The summed E-state index contributed by atoms with van der Waals surface area (Å²) in [5, 5.41) is 8.50. The summed E-state index contributed by atoms with van der Waals surface area (Å²) in [5.74, 6) is -0.0390. The Kier molecular flexibility index (Phi) is 6.47. The molecule has 0 saturated carbocycles. The monoisotopic (exact) mass is 424 g/mol. The maximum Gasteiger partial charge on any atom is 0.280 e. The van der Waals surface area contributed by atoms with Crippen molar-refractivity contribution in [3.05, 3.63) is 71.2 Å². The third-order valence-corrected chi connectivity index (χ3v) is 4.77. The lowest BCUT2D eigenvalue weighted by Gasteiger charge is -2.33. The molecule has 3 aromatic rings. The van der Waals surface area contributed by atoms with E-state index >= 15 is 0 Å². The summed E-state index contributed by atoms with van der Waals surface area (Å²) in [5.41, 5.74) is 0.944. The number of carbonyl (C=O) groups is 2. The van der Waals surface area contributed by atoms with Gasteiger partial charge in [-0.1, -0.05) is 34.8 Å². The summed E-state index contributed by atoms with van der Waals surface area (Å²) in [4.78, 5) is 28.3. The molecule has 8 heteroatoms. The second kappa shape index (κ2) is 9.04. The molecule has 0 aliphatic rings. The first-order valence-electron chi connectivity index (χ1n) is 9.42. The Hall–Kier alpha value is -3.26. The molecule has 2 amide bonds. The highest BCUT2D eigenvalue weighted by Gasteiger charge is 2.35. The minimum absolute atomic E-state index is 0.186. The number of anilines is 1. The number of hydrogen-bond donors (Lipinski definition) is 1. The minimum Gasteiger partial charge on any atom is -0.497 e. The zero-order chi connectivity index (χ0) is 21.7. The summed E-state index contributed by atoms with van der Waals surface area (Å²) >= 11 is 1.09. The first-order valence-corrected chi connectivity index (χ1v) is 10.3. The molecule has 156 valence electrons. The van der Waals surface area contributed by atoms with Crippen molar-refractivity contribution in [3.63, 3.8) is 0 Å². The zero-order valence-corrected chi connectivity index (χ0v) is 18.1. The van der Waals surface area contributed by atoms with Crippen LogP contribution in [0.3, 0.4) is 0 Å². The predicted octanol–water partition coefficient (Wildman–Crippen LogP) is 3.85. The van der Waals surface area contributed by atoms with Gasteiger partial charge in [-0.3, -0.25) is 14.5 Å². The van der Waals surface area contributed by atoms with E-state index in [0.29, 0.717) is 17.0 Å². The van der Waals surface area contributed by atoms with Gasteiger partial charge in [0.1, 0.15) is 11.8 Å². The molecule has 1 N–H and O–H groups in total. The van der Waals surface area contributed by atoms with Crippen LogP contribution in [0, 0.1) is 0 Å². The first-order chi connectivity index (χ1) is 14.3. The molecule has 0 fully saturated rings. The van der Waals surface area contributed by atoms with Gasteiger partial charge in [0.15, 0.2) is 5.69 Å². The number of carbonyl (C=O) groups excluding carboxylic acids is 2. The Balaban J connectivity index is 2.14. The lowest BCUT2D eigenvalue weighted by atomic mass is 10.0. The molecule has 0 bridgehead atoms. The quantitative estimate of drug-likeness (QED) is 0.650. The van der Waals surface area contributed by atoms with Gasteiger partial charge >= 0.3 is 0 Å². The van der Waals surface area contributed by atoms with Gasteiger partial charge in [-0.05, 0) is 62.1 Å². The van der Waals surface area contributed by atoms with Crippen molar-refractivity contribution < 1.29 is 14.3 Å². The molecule has 0 saturated heterocycles. The fourth-order valence-electron chi connectivity index (χ4n) is 3.00. The molecule has 0 radical (unpaired) electrons. The van der Waals surface area contributed by atoms with Crippen LogP contribution < -0.4 is 15.0 Å². The molecule has 1 heterocycles. The number of benzene rings is 2. The van der Waals surface area contributed by atoms with Crippen LogP contribution >= 0.6 is 11.5 Å². The Morgan fingerprint density at radius 2 is 1.73 bits per heavy atom. The molecule has 0 spiro atoms. The highest BCUT2D eigenvalue weighted by atomic mass is 32.1. The normalized spacial score (nSPS) is 12.1. The second-order valence-electron chi connectivity index (χ2n) is 7.72. The van der Waals surface area contributed by atoms with Crippen molar-refractivity contribution in [3.8, 4) is 5.75 Å². The number of methoxy groups -OCH3 is 1. The van der Waals surface area contributed by atoms with E-state index in [2.05, 4.69) is 14.9 Å². The van der Waals surface area contributed by atoms with E-state index in [9.17, 15) is 9.59 Å². The Bertz CT molecular complexity index is 983. The fourth-order valence-corrected chi connectivity index (χ4v) is 3.43.